The molecule has 10 heavy (non-hydrogen) atoms. The van der Waals surface area contributed by atoms with Crippen LogP contribution in [-0.4, -0.2) is 13.1 Å². The van der Waals surface area contributed by atoms with Crippen molar-refractivity contribution in [2.45, 2.75) is 27.2 Å². The number of nitrogens with one attached hydrogen (secondary N) is 1. The van der Waals surface area contributed by atoms with Crippen molar-refractivity contribution in [1.82, 2.24) is 5.32 Å². The molecular formula is C9H19N. The fourth-order valence-corrected chi connectivity index (χ4v) is 1.67. The zero-order valence-corrected chi connectivity index (χ0v) is 7.35. The van der Waals surface area contributed by atoms with E-state index >= 15 is 0 Å². The lowest BCUT2D eigenvalue weighted by atomic mass is 9.85. The van der Waals surface area contributed by atoms with Crippen LogP contribution < -0.4 is 5.32 Å². The molecule has 0 bridgehead atoms. The summed E-state index contributed by atoms with van der Waals surface area (Å²) in [5.74, 6) is 2.66. The second-order valence-electron chi connectivity index (χ2n) is 3.81. The molecule has 0 amide bonds. The molecule has 1 saturated heterocycles. The van der Waals surface area contributed by atoms with Crippen LogP contribution in [0.15, 0.2) is 0 Å². The first-order valence-corrected chi connectivity index (χ1v) is 4.42. The van der Waals surface area contributed by atoms with E-state index in [2.05, 4.69) is 26.1 Å². The third-order valence-electron chi connectivity index (χ3n) is 3.04. The lowest BCUT2D eigenvalue weighted by Gasteiger charge is -2.21. The van der Waals surface area contributed by atoms with E-state index in [4.69, 9.17) is 0 Å². The molecule has 0 radical (unpaired) electrons. The van der Waals surface area contributed by atoms with Crippen molar-refractivity contribution in [3.8, 4) is 0 Å². The van der Waals surface area contributed by atoms with Crippen LogP contribution in [-0.2, 0) is 0 Å². The Morgan fingerprint density at radius 2 is 1.80 bits per heavy atom. The Hall–Kier alpha value is -0.0400. The molecule has 1 heteroatoms. The lowest BCUT2D eigenvalue weighted by molar-refractivity contribution is 0.296. The largest absolute Gasteiger partial charge is 0.316 e. The first-order chi connectivity index (χ1) is 4.72. The molecule has 1 aliphatic heterocycles. The Morgan fingerprint density at radius 3 is 2.50 bits per heavy atom. The highest BCUT2D eigenvalue weighted by Crippen LogP contribution is 2.24. The maximum atomic E-state index is 3.46. The minimum atomic E-state index is 0.859. The van der Waals surface area contributed by atoms with E-state index < -0.39 is 0 Å². The topological polar surface area (TPSA) is 12.0 Å². The normalized spacial score (nSPS) is 42.9. The Morgan fingerprint density at radius 1 is 1.10 bits per heavy atom. The predicted molar refractivity (Wildman–Crippen MR) is 45.0 cm³/mol. The summed E-state index contributed by atoms with van der Waals surface area (Å²) in [6.45, 7) is 9.53. The van der Waals surface area contributed by atoms with Gasteiger partial charge in [-0.2, -0.15) is 0 Å². The van der Waals surface area contributed by atoms with Gasteiger partial charge >= 0.3 is 0 Å². The smallest absolute Gasteiger partial charge is 0.00205 e. The van der Waals surface area contributed by atoms with E-state index in [1.54, 1.807) is 0 Å². The Kier molecular flexibility index (Phi) is 2.72. The number of rotatable bonds is 0. The summed E-state index contributed by atoms with van der Waals surface area (Å²) in [5, 5.41) is 3.46. The Labute approximate surface area is 64.2 Å². The van der Waals surface area contributed by atoms with Crippen molar-refractivity contribution >= 4 is 0 Å². The van der Waals surface area contributed by atoms with Crippen molar-refractivity contribution < 1.29 is 0 Å². The van der Waals surface area contributed by atoms with Gasteiger partial charge in [-0.15, -0.1) is 0 Å². The second kappa shape index (κ2) is 3.38. The summed E-state index contributed by atoms with van der Waals surface area (Å²) in [6.07, 6.45) is 1.35. The maximum Gasteiger partial charge on any atom is -0.00205 e. The van der Waals surface area contributed by atoms with Crippen LogP contribution in [0.2, 0.25) is 0 Å². The third kappa shape index (κ3) is 1.72. The molecule has 0 spiro atoms. The van der Waals surface area contributed by atoms with Gasteiger partial charge in [0.25, 0.3) is 0 Å². The van der Waals surface area contributed by atoms with Gasteiger partial charge < -0.3 is 5.32 Å². The Balaban J connectivity index is 2.46. The summed E-state index contributed by atoms with van der Waals surface area (Å²) in [6, 6.07) is 0. The van der Waals surface area contributed by atoms with Gasteiger partial charge in [0.05, 0.1) is 0 Å². The summed E-state index contributed by atoms with van der Waals surface area (Å²) in [5.41, 5.74) is 0. The summed E-state index contributed by atoms with van der Waals surface area (Å²) < 4.78 is 0. The summed E-state index contributed by atoms with van der Waals surface area (Å²) in [7, 11) is 0. The third-order valence-corrected chi connectivity index (χ3v) is 3.04. The molecule has 0 aromatic heterocycles. The molecule has 60 valence electrons. The van der Waals surface area contributed by atoms with Crippen LogP contribution in [0.1, 0.15) is 27.2 Å². The summed E-state index contributed by atoms with van der Waals surface area (Å²) >= 11 is 0. The molecule has 0 aromatic carbocycles. The van der Waals surface area contributed by atoms with Gasteiger partial charge in [0.1, 0.15) is 0 Å². The highest BCUT2D eigenvalue weighted by atomic mass is 14.9. The van der Waals surface area contributed by atoms with E-state index in [1.165, 1.54) is 19.5 Å². The van der Waals surface area contributed by atoms with E-state index in [1.807, 2.05) is 0 Å². The fourth-order valence-electron chi connectivity index (χ4n) is 1.67. The van der Waals surface area contributed by atoms with E-state index in [0.29, 0.717) is 0 Å². The highest BCUT2D eigenvalue weighted by molar-refractivity contribution is 4.74. The fraction of sp³-hybridized carbons (Fsp3) is 1.00. The first-order valence-electron chi connectivity index (χ1n) is 4.42. The van der Waals surface area contributed by atoms with Crippen molar-refractivity contribution in [3.05, 3.63) is 0 Å². The average Bonchev–Trinajstić information content (AvgIpc) is 2.04. The molecule has 1 N–H and O–H groups in total. The molecule has 3 atom stereocenters. The van der Waals surface area contributed by atoms with Crippen LogP contribution in [0.4, 0.5) is 0 Å². The number of hydrogen-bond acceptors (Lipinski definition) is 1. The molecule has 1 fully saturated rings. The molecule has 0 aromatic rings. The second-order valence-corrected chi connectivity index (χ2v) is 3.81. The molecule has 1 rings (SSSR count). The van der Waals surface area contributed by atoms with Crippen molar-refractivity contribution in [3.63, 3.8) is 0 Å². The van der Waals surface area contributed by atoms with Gasteiger partial charge in [-0.1, -0.05) is 20.8 Å². The maximum absolute atomic E-state index is 3.46. The van der Waals surface area contributed by atoms with Gasteiger partial charge in [-0.25, -0.2) is 0 Å². The highest BCUT2D eigenvalue weighted by Gasteiger charge is 2.20. The lowest BCUT2D eigenvalue weighted by Crippen LogP contribution is -2.21. The molecule has 1 heterocycles. The monoisotopic (exact) mass is 141 g/mol. The molecule has 0 aliphatic carbocycles. The van der Waals surface area contributed by atoms with Crippen molar-refractivity contribution in [2.75, 3.05) is 13.1 Å². The van der Waals surface area contributed by atoms with Gasteiger partial charge in [0.2, 0.25) is 0 Å². The zero-order chi connectivity index (χ0) is 7.56. The molecule has 1 aliphatic rings. The summed E-state index contributed by atoms with van der Waals surface area (Å²) in [4.78, 5) is 0. The average molecular weight is 141 g/mol. The minimum absolute atomic E-state index is 0.859. The van der Waals surface area contributed by atoms with Crippen LogP contribution in [0.5, 0.6) is 0 Å². The Bertz CT molecular complexity index is 88.9. The standard InChI is InChI=1S/C9H19N/c1-7-4-5-10-6-8(2)9(7)3/h7-10H,4-6H2,1-3H3/t7-,8+,9-/m1/s1. The SMILES string of the molecule is C[C@@H]1[C@H](C)CCNC[C@@H]1C. The minimum Gasteiger partial charge on any atom is -0.316 e. The molecule has 0 unspecified atom stereocenters. The van der Waals surface area contributed by atoms with Gasteiger partial charge in [-0.3, -0.25) is 0 Å². The molecule has 1 nitrogen and oxygen atoms in total. The molecule has 0 saturated carbocycles. The quantitative estimate of drug-likeness (QED) is 0.543. The predicted octanol–water partition coefficient (Wildman–Crippen LogP) is 1.89. The van der Waals surface area contributed by atoms with Crippen LogP contribution in [0.3, 0.4) is 0 Å². The molecular weight excluding hydrogens is 122 g/mol. The van der Waals surface area contributed by atoms with Gasteiger partial charge in [0.15, 0.2) is 0 Å². The van der Waals surface area contributed by atoms with Crippen LogP contribution >= 0.6 is 0 Å². The zero-order valence-electron chi connectivity index (χ0n) is 7.35. The van der Waals surface area contributed by atoms with E-state index in [9.17, 15) is 0 Å². The van der Waals surface area contributed by atoms with Crippen LogP contribution in [0.25, 0.3) is 0 Å². The van der Waals surface area contributed by atoms with Crippen LogP contribution in [0, 0.1) is 17.8 Å². The number of hydrogen-bond donors (Lipinski definition) is 1. The van der Waals surface area contributed by atoms with Crippen molar-refractivity contribution in [1.29, 1.82) is 0 Å². The van der Waals surface area contributed by atoms with Gasteiger partial charge in [0, 0.05) is 0 Å². The first kappa shape index (κ1) is 8.06. The van der Waals surface area contributed by atoms with E-state index in [-0.39, 0.29) is 0 Å². The van der Waals surface area contributed by atoms with Gasteiger partial charge in [-0.05, 0) is 37.3 Å². The van der Waals surface area contributed by atoms with Crippen molar-refractivity contribution in [2.24, 2.45) is 17.8 Å². The van der Waals surface area contributed by atoms with E-state index in [0.717, 1.165) is 17.8 Å².